The van der Waals surface area contributed by atoms with Crippen LogP contribution in [0.2, 0.25) is 0 Å². The summed E-state index contributed by atoms with van der Waals surface area (Å²) in [6, 6.07) is -0.827. The van der Waals surface area contributed by atoms with Gasteiger partial charge in [0, 0.05) is 38.0 Å². The van der Waals surface area contributed by atoms with E-state index in [-0.39, 0.29) is 31.7 Å². The lowest BCUT2D eigenvalue weighted by Crippen LogP contribution is -2.59. The summed E-state index contributed by atoms with van der Waals surface area (Å²) in [6.07, 6.45) is -1.26. The van der Waals surface area contributed by atoms with Crippen molar-refractivity contribution in [2.75, 3.05) is 32.8 Å². The second-order valence-corrected chi connectivity index (χ2v) is 10.3. The number of ether oxygens (including phenoxy) is 4. The lowest BCUT2D eigenvalue weighted by atomic mass is 9.86. The van der Waals surface area contributed by atoms with Crippen molar-refractivity contribution in [3.05, 3.63) is 0 Å². The Hall–Kier alpha value is -1.00. The van der Waals surface area contributed by atoms with Crippen LogP contribution in [0.3, 0.4) is 0 Å². The summed E-state index contributed by atoms with van der Waals surface area (Å²) in [7, 11) is 0. The van der Waals surface area contributed by atoms with Gasteiger partial charge in [0.15, 0.2) is 12.6 Å². The lowest BCUT2D eigenvalue weighted by molar-refractivity contribution is -0.274. The van der Waals surface area contributed by atoms with E-state index in [0.717, 1.165) is 13.0 Å². The van der Waals surface area contributed by atoms with Gasteiger partial charge in [0.1, 0.15) is 12.3 Å². The Balaban J connectivity index is 1.61. The zero-order valence-corrected chi connectivity index (χ0v) is 21.5. The SMILES string of the molecule is NCCCNCC1O[C@H](O[C@@H]2C(N)CC(NC(=O)CC(F)CN)CC2OC2CCC(CO)O2)CC[C@@H]1O. The van der Waals surface area contributed by atoms with Gasteiger partial charge in [-0.15, -0.1) is 0 Å². The van der Waals surface area contributed by atoms with E-state index in [4.69, 9.17) is 36.1 Å². The van der Waals surface area contributed by atoms with Gasteiger partial charge in [-0.05, 0) is 45.2 Å². The fourth-order valence-electron chi connectivity index (χ4n) is 5.14. The van der Waals surface area contributed by atoms with Gasteiger partial charge >= 0.3 is 0 Å². The molecule has 7 unspecified atom stereocenters. The van der Waals surface area contributed by atoms with Crippen molar-refractivity contribution in [2.45, 2.75) is 113 Å². The molecule has 216 valence electrons. The van der Waals surface area contributed by atoms with Crippen LogP contribution in [0.5, 0.6) is 0 Å². The van der Waals surface area contributed by atoms with Crippen molar-refractivity contribution in [1.29, 1.82) is 0 Å². The van der Waals surface area contributed by atoms with E-state index in [1.165, 1.54) is 0 Å². The normalized spacial score (nSPS) is 37.4. The zero-order chi connectivity index (χ0) is 26.8. The summed E-state index contributed by atoms with van der Waals surface area (Å²) >= 11 is 0. The number of rotatable bonds is 14. The third-order valence-electron chi connectivity index (χ3n) is 7.15. The molecule has 3 aliphatic rings. The van der Waals surface area contributed by atoms with Gasteiger partial charge in [0.05, 0.1) is 37.4 Å². The van der Waals surface area contributed by atoms with Gasteiger partial charge in [-0.2, -0.15) is 0 Å². The maximum atomic E-state index is 13.6. The number of nitrogens with one attached hydrogen (secondary N) is 2. The van der Waals surface area contributed by atoms with Crippen LogP contribution < -0.4 is 27.8 Å². The van der Waals surface area contributed by atoms with Crippen LogP contribution in [0.4, 0.5) is 4.39 Å². The smallest absolute Gasteiger partial charge is 0.223 e. The first-order chi connectivity index (χ1) is 17.8. The lowest BCUT2D eigenvalue weighted by Gasteiger charge is -2.43. The minimum Gasteiger partial charge on any atom is -0.394 e. The highest BCUT2D eigenvalue weighted by Gasteiger charge is 2.43. The highest BCUT2D eigenvalue weighted by Crippen LogP contribution is 2.32. The molecular weight excluding hydrogens is 489 g/mol. The van der Waals surface area contributed by atoms with Crippen molar-refractivity contribution in [3.63, 3.8) is 0 Å². The van der Waals surface area contributed by atoms with Gasteiger partial charge in [0.2, 0.25) is 5.91 Å². The maximum absolute atomic E-state index is 13.6. The zero-order valence-electron chi connectivity index (χ0n) is 21.5. The maximum Gasteiger partial charge on any atom is 0.223 e. The number of hydrogen-bond acceptors (Lipinski definition) is 11. The van der Waals surface area contributed by atoms with Gasteiger partial charge in [-0.25, -0.2) is 4.39 Å². The van der Waals surface area contributed by atoms with Crippen LogP contribution in [0.15, 0.2) is 0 Å². The van der Waals surface area contributed by atoms with Crippen molar-refractivity contribution in [2.24, 2.45) is 17.2 Å². The summed E-state index contributed by atoms with van der Waals surface area (Å²) in [4.78, 5) is 12.3. The van der Waals surface area contributed by atoms with E-state index < -0.39 is 55.1 Å². The van der Waals surface area contributed by atoms with Crippen LogP contribution in [0.25, 0.3) is 0 Å². The second-order valence-electron chi connectivity index (χ2n) is 10.3. The van der Waals surface area contributed by atoms with Gasteiger partial charge in [-0.3, -0.25) is 4.79 Å². The molecule has 12 nitrogen and oxygen atoms in total. The average molecular weight is 536 g/mol. The summed E-state index contributed by atoms with van der Waals surface area (Å²) in [5.74, 6) is -0.430. The second kappa shape index (κ2) is 15.6. The molecule has 3 fully saturated rings. The monoisotopic (exact) mass is 535 g/mol. The number of aliphatic hydroxyl groups is 2. The fraction of sp³-hybridized carbons (Fsp3) is 0.958. The van der Waals surface area contributed by atoms with Crippen molar-refractivity contribution >= 4 is 5.91 Å². The number of alkyl halides is 1. The quantitative estimate of drug-likeness (QED) is 0.126. The first kappa shape index (κ1) is 30.5. The third kappa shape index (κ3) is 9.60. The predicted molar refractivity (Wildman–Crippen MR) is 133 cm³/mol. The number of hydrogen-bond donors (Lipinski definition) is 7. The minimum atomic E-state index is -1.40. The van der Waals surface area contributed by atoms with Crippen LogP contribution in [0, 0.1) is 0 Å². The molecule has 0 spiro atoms. The number of aliphatic hydroxyl groups excluding tert-OH is 2. The first-order valence-electron chi connectivity index (χ1n) is 13.5. The number of carbonyl (C=O) groups excluding carboxylic acids is 1. The molecule has 2 aliphatic heterocycles. The highest BCUT2D eigenvalue weighted by atomic mass is 19.1. The molecule has 37 heavy (non-hydrogen) atoms. The largest absolute Gasteiger partial charge is 0.394 e. The third-order valence-corrected chi connectivity index (χ3v) is 7.15. The molecule has 0 bridgehead atoms. The molecule has 0 aromatic heterocycles. The minimum absolute atomic E-state index is 0.0901. The Morgan fingerprint density at radius 3 is 2.57 bits per heavy atom. The standard InChI is InChI=1S/C24H46FN5O7/c25-14(11-27)8-21(33)30-15-9-17(28)24(19(10-15)35-22-4-2-16(13-31)34-22)37-23-5-3-18(32)20(36-23)12-29-7-1-6-26/h14-20,22-24,29,31-32H,1-13,26-28H2,(H,30,33)/t14?,15?,16?,17?,18-,19?,20?,22?,23+,24+/m0/s1. The Kier molecular flexibility index (Phi) is 12.8. The van der Waals surface area contributed by atoms with E-state index >= 15 is 0 Å². The average Bonchev–Trinajstić information content (AvgIpc) is 3.33. The van der Waals surface area contributed by atoms with Crippen LogP contribution in [-0.4, -0.2) is 110 Å². The van der Waals surface area contributed by atoms with E-state index in [1.54, 1.807) is 0 Å². The number of halogens is 1. The van der Waals surface area contributed by atoms with E-state index in [1.807, 2.05) is 0 Å². The van der Waals surface area contributed by atoms with Crippen molar-refractivity contribution in [1.82, 2.24) is 10.6 Å². The molecule has 1 aliphatic carbocycles. The Labute approximate surface area is 218 Å². The molecule has 1 amide bonds. The first-order valence-corrected chi connectivity index (χ1v) is 13.5. The highest BCUT2D eigenvalue weighted by molar-refractivity contribution is 5.76. The van der Waals surface area contributed by atoms with Crippen LogP contribution in [-0.2, 0) is 23.7 Å². The molecule has 1 saturated carbocycles. The Bertz CT molecular complexity index is 683. The van der Waals surface area contributed by atoms with E-state index in [2.05, 4.69) is 10.6 Å². The molecule has 0 aromatic carbocycles. The molecular formula is C24H46FN5O7. The molecule has 0 aromatic rings. The molecule has 13 heteroatoms. The summed E-state index contributed by atoms with van der Waals surface area (Å²) in [6.45, 7) is 1.48. The van der Waals surface area contributed by atoms with E-state index in [0.29, 0.717) is 51.6 Å². The summed E-state index contributed by atoms with van der Waals surface area (Å²) in [5.41, 5.74) is 17.4. The molecule has 10 N–H and O–H groups in total. The number of nitrogens with two attached hydrogens (primary N) is 3. The molecule has 2 saturated heterocycles. The molecule has 3 rings (SSSR count). The summed E-state index contributed by atoms with van der Waals surface area (Å²) in [5, 5.41) is 25.9. The summed E-state index contributed by atoms with van der Waals surface area (Å²) < 4.78 is 38.0. The van der Waals surface area contributed by atoms with Crippen molar-refractivity contribution < 1.29 is 38.3 Å². The van der Waals surface area contributed by atoms with Crippen LogP contribution in [0.1, 0.15) is 51.4 Å². The number of carbonyl (C=O) groups is 1. The fourth-order valence-corrected chi connectivity index (χ4v) is 5.14. The van der Waals surface area contributed by atoms with E-state index in [9.17, 15) is 19.4 Å². The molecule has 2 heterocycles. The molecule has 10 atom stereocenters. The topological polar surface area (TPSA) is 197 Å². The van der Waals surface area contributed by atoms with Crippen molar-refractivity contribution in [3.8, 4) is 0 Å². The van der Waals surface area contributed by atoms with Gasteiger partial charge < -0.3 is 57.0 Å². The Morgan fingerprint density at radius 2 is 1.86 bits per heavy atom. The van der Waals surface area contributed by atoms with Gasteiger partial charge in [-0.1, -0.05) is 0 Å². The Morgan fingerprint density at radius 1 is 1.11 bits per heavy atom. The van der Waals surface area contributed by atoms with Gasteiger partial charge in [0.25, 0.3) is 0 Å². The molecule has 0 radical (unpaired) electrons. The predicted octanol–water partition coefficient (Wildman–Crippen LogP) is -1.65. The number of amides is 1. The van der Waals surface area contributed by atoms with Crippen LogP contribution >= 0.6 is 0 Å².